The predicted octanol–water partition coefficient (Wildman–Crippen LogP) is 3.69. The molecule has 0 N–H and O–H groups in total. The first kappa shape index (κ1) is 23.2. The number of hydrogen-bond acceptors (Lipinski definition) is 7. The first-order valence-electron chi connectivity index (χ1n) is 10.3. The molecule has 28 heavy (non-hydrogen) atoms. The molecule has 1 saturated heterocycles. The van der Waals surface area contributed by atoms with Crippen molar-refractivity contribution in [2.75, 3.05) is 39.6 Å². The minimum absolute atomic E-state index is 0.220. The summed E-state index contributed by atoms with van der Waals surface area (Å²) in [5.74, 6) is 0.408. The van der Waals surface area contributed by atoms with Gasteiger partial charge in [0.1, 0.15) is 6.04 Å². The SMILES string of the molecule is CCOC(=O)[C@@H]1C[C@H]2C[C@H](CP(=O)(OCC)OCC)CC[C@H]2CN1C(=O)OC. The molecule has 0 aromatic heterocycles. The minimum atomic E-state index is -3.09. The molecular formula is C19H34NO7P. The number of nitrogens with zero attached hydrogens (tertiary/aromatic N) is 1. The molecule has 2 fully saturated rings. The summed E-state index contributed by atoms with van der Waals surface area (Å²) >= 11 is 0. The molecule has 9 heteroatoms. The van der Waals surface area contributed by atoms with Crippen LogP contribution < -0.4 is 0 Å². The van der Waals surface area contributed by atoms with E-state index in [9.17, 15) is 14.2 Å². The van der Waals surface area contributed by atoms with Crippen molar-refractivity contribution in [3.05, 3.63) is 0 Å². The molecule has 0 radical (unpaired) electrons. The summed E-state index contributed by atoms with van der Waals surface area (Å²) in [7, 11) is -1.76. The molecule has 2 rings (SSSR count). The molecule has 0 bridgehead atoms. The summed E-state index contributed by atoms with van der Waals surface area (Å²) in [5, 5.41) is 0. The Hall–Kier alpha value is -1.11. The number of amides is 1. The molecule has 162 valence electrons. The Bertz CT molecular complexity index is 575. The van der Waals surface area contributed by atoms with Crippen LogP contribution >= 0.6 is 7.60 Å². The quantitative estimate of drug-likeness (QED) is 0.438. The highest BCUT2D eigenvalue weighted by Crippen LogP contribution is 2.53. The van der Waals surface area contributed by atoms with Gasteiger partial charge in [0.2, 0.25) is 0 Å². The molecule has 2 aliphatic rings. The molecule has 1 saturated carbocycles. The molecule has 4 atom stereocenters. The average Bonchev–Trinajstić information content (AvgIpc) is 2.66. The van der Waals surface area contributed by atoms with E-state index in [1.54, 1.807) is 6.92 Å². The average molecular weight is 419 g/mol. The summed E-state index contributed by atoms with van der Waals surface area (Å²) in [5.41, 5.74) is 0. The maximum Gasteiger partial charge on any atom is 0.410 e. The van der Waals surface area contributed by atoms with E-state index in [0.29, 0.717) is 38.3 Å². The van der Waals surface area contributed by atoms with Crippen LogP contribution in [-0.4, -0.2) is 62.6 Å². The molecule has 0 spiro atoms. The van der Waals surface area contributed by atoms with E-state index in [4.69, 9.17) is 18.5 Å². The zero-order valence-electron chi connectivity index (χ0n) is 17.4. The predicted molar refractivity (Wildman–Crippen MR) is 104 cm³/mol. The van der Waals surface area contributed by atoms with Gasteiger partial charge in [-0.2, -0.15) is 0 Å². The zero-order valence-corrected chi connectivity index (χ0v) is 18.3. The molecular weight excluding hydrogens is 385 g/mol. The van der Waals surface area contributed by atoms with Crippen LogP contribution in [0.25, 0.3) is 0 Å². The van der Waals surface area contributed by atoms with Gasteiger partial charge in [-0.05, 0) is 64.2 Å². The summed E-state index contributed by atoms with van der Waals surface area (Å²) in [4.78, 5) is 26.1. The van der Waals surface area contributed by atoms with Crippen molar-refractivity contribution in [3.63, 3.8) is 0 Å². The van der Waals surface area contributed by atoms with E-state index in [1.807, 2.05) is 13.8 Å². The molecule has 0 aromatic rings. The maximum absolute atomic E-state index is 12.9. The number of methoxy groups -OCH3 is 1. The van der Waals surface area contributed by atoms with Crippen LogP contribution in [0, 0.1) is 17.8 Å². The van der Waals surface area contributed by atoms with Gasteiger partial charge in [-0.25, -0.2) is 9.59 Å². The second-order valence-electron chi connectivity index (χ2n) is 7.45. The van der Waals surface area contributed by atoms with Gasteiger partial charge in [0.05, 0.1) is 33.1 Å². The van der Waals surface area contributed by atoms with Crippen molar-refractivity contribution in [1.29, 1.82) is 0 Å². The summed E-state index contributed by atoms with van der Waals surface area (Å²) < 4.78 is 33.9. The van der Waals surface area contributed by atoms with E-state index in [-0.39, 0.29) is 24.4 Å². The molecule has 1 aliphatic heterocycles. The van der Waals surface area contributed by atoms with Gasteiger partial charge in [0.25, 0.3) is 0 Å². The van der Waals surface area contributed by atoms with E-state index >= 15 is 0 Å². The minimum Gasteiger partial charge on any atom is -0.464 e. The van der Waals surface area contributed by atoms with Crippen LogP contribution in [0.4, 0.5) is 4.79 Å². The van der Waals surface area contributed by atoms with Crippen molar-refractivity contribution in [2.45, 2.75) is 52.5 Å². The molecule has 0 unspecified atom stereocenters. The lowest BCUT2D eigenvalue weighted by Crippen LogP contribution is -2.55. The Morgan fingerprint density at radius 2 is 1.68 bits per heavy atom. The van der Waals surface area contributed by atoms with Crippen molar-refractivity contribution in [1.82, 2.24) is 4.90 Å². The van der Waals surface area contributed by atoms with Crippen LogP contribution in [-0.2, 0) is 27.9 Å². The van der Waals surface area contributed by atoms with Gasteiger partial charge in [0, 0.05) is 6.54 Å². The lowest BCUT2D eigenvalue weighted by molar-refractivity contribution is -0.152. The first-order valence-corrected chi connectivity index (χ1v) is 12.0. The van der Waals surface area contributed by atoms with E-state index in [2.05, 4.69) is 0 Å². The Labute approximate surface area is 167 Å². The lowest BCUT2D eigenvalue weighted by Gasteiger charge is -2.46. The first-order chi connectivity index (χ1) is 13.4. The molecule has 1 aliphatic carbocycles. The number of carbonyl (C=O) groups is 2. The molecule has 0 aromatic carbocycles. The normalized spacial score (nSPS) is 27.8. The van der Waals surface area contributed by atoms with Gasteiger partial charge in [0.15, 0.2) is 0 Å². The molecule has 1 heterocycles. The van der Waals surface area contributed by atoms with Crippen LogP contribution in [0.2, 0.25) is 0 Å². The van der Waals surface area contributed by atoms with Crippen molar-refractivity contribution in [2.24, 2.45) is 17.8 Å². The lowest BCUT2D eigenvalue weighted by atomic mass is 9.69. The number of hydrogen-bond donors (Lipinski definition) is 0. The van der Waals surface area contributed by atoms with Gasteiger partial charge in [-0.3, -0.25) is 9.46 Å². The third-order valence-corrected chi connectivity index (χ3v) is 7.95. The Morgan fingerprint density at radius 3 is 2.25 bits per heavy atom. The number of esters is 1. The fourth-order valence-corrected chi connectivity index (χ4v) is 6.58. The van der Waals surface area contributed by atoms with Crippen LogP contribution in [0.1, 0.15) is 46.5 Å². The largest absolute Gasteiger partial charge is 0.464 e. The topological polar surface area (TPSA) is 91.4 Å². The Morgan fingerprint density at radius 1 is 1.00 bits per heavy atom. The number of fused-ring (bicyclic) bond motifs is 1. The van der Waals surface area contributed by atoms with E-state index in [0.717, 1.165) is 19.3 Å². The zero-order chi connectivity index (χ0) is 20.7. The highest BCUT2D eigenvalue weighted by atomic mass is 31.2. The number of piperidine rings is 1. The number of rotatable bonds is 8. The number of carbonyl (C=O) groups excluding carboxylic acids is 2. The van der Waals surface area contributed by atoms with Gasteiger partial charge in [-0.1, -0.05) is 0 Å². The van der Waals surface area contributed by atoms with Gasteiger partial charge >= 0.3 is 19.7 Å². The Balaban J connectivity index is 2.08. The van der Waals surface area contributed by atoms with Gasteiger partial charge < -0.3 is 18.5 Å². The van der Waals surface area contributed by atoms with Crippen molar-refractivity contribution >= 4 is 19.7 Å². The Kier molecular flexibility index (Phi) is 8.78. The van der Waals surface area contributed by atoms with Crippen LogP contribution in [0.15, 0.2) is 0 Å². The summed E-state index contributed by atoms with van der Waals surface area (Å²) in [6, 6.07) is -0.627. The fraction of sp³-hybridized carbons (Fsp3) is 0.895. The highest BCUT2D eigenvalue weighted by molar-refractivity contribution is 7.53. The van der Waals surface area contributed by atoms with Gasteiger partial charge in [-0.15, -0.1) is 0 Å². The standard InChI is InChI=1S/C19H34NO7P/c1-5-25-18(21)17-11-16-10-14(13-28(23,26-6-2)27-7-3)8-9-15(16)12-20(17)19(22)24-4/h14-17H,5-13H2,1-4H3/t14-,15+,16-,17+/m1/s1. The third-order valence-electron chi connectivity index (χ3n) is 5.68. The van der Waals surface area contributed by atoms with Crippen LogP contribution in [0.3, 0.4) is 0 Å². The second-order valence-corrected chi connectivity index (χ2v) is 9.56. The van der Waals surface area contributed by atoms with Crippen molar-refractivity contribution < 1.29 is 32.7 Å². The van der Waals surface area contributed by atoms with E-state index in [1.165, 1.54) is 12.0 Å². The highest BCUT2D eigenvalue weighted by Gasteiger charge is 2.45. The summed E-state index contributed by atoms with van der Waals surface area (Å²) in [6.45, 7) is 6.85. The third kappa shape index (κ3) is 5.71. The molecule has 1 amide bonds. The second kappa shape index (κ2) is 10.6. The molecule has 8 nitrogen and oxygen atoms in total. The number of likely N-dealkylation sites (tertiary alicyclic amines) is 1. The monoisotopic (exact) mass is 419 g/mol. The van der Waals surface area contributed by atoms with Crippen molar-refractivity contribution in [3.8, 4) is 0 Å². The number of ether oxygens (including phenoxy) is 2. The van der Waals surface area contributed by atoms with E-state index < -0.39 is 19.7 Å². The smallest absolute Gasteiger partial charge is 0.410 e. The van der Waals surface area contributed by atoms with Crippen LogP contribution in [0.5, 0.6) is 0 Å². The maximum atomic E-state index is 12.9. The fourth-order valence-electron chi connectivity index (χ4n) is 4.55. The summed E-state index contributed by atoms with van der Waals surface area (Å²) in [6.07, 6.45) is 3.13.